The molecule has 1 N–H and O–H groups in total. The third kappa shape index (κ3) is 4.47. The molecule has 0 atom stereocenters. The number of carbonyl (C=O) groups excluding carboxylic acids is 1. The molecule has 3 rings (SSSR count). The second-order valence-corrected chi connectivity index (χ2v) is 7.34. The molecule has 0 bridgehead atoms. The van der Waals surface area contributed by atoms with E-state index in [9.17, 15) is 4.79 Å². The quantitative estimate of drug-likeness (QED) is 0.806. The molecule has 0 saturated carbocycles. The van der Waals surface area contributed by atoms with Crippen LogP contribution in [0.2, 0.25) is 0 Å². The fraction of sp³-hybridized carbons (Fsp3) is 0.562. The lowest BCUT2D eigenvalue weighted by Crippen LogP contribution is -2.49. The summed E-state index contributed by atoms with van der Waals surface area (Å²) in [5.41, 5.74) is 0.983. The molecule has 0 aliphatic carbocycles. The van der Waals surface area contributed by atoms with Gasteiger partial charge in [0.2, 0.25) is 5.91 Å². The molecule has 2 aromatic rings. The van der Waals surface area contributed by atoms with Crippen LogP contribution >= 0.6 is 11.8 Å². The highest BCUT2D eigenvalue weighted by Gasteiger charge is 2.23. The van der Waals surface area contributed by atoms with E-state index in [1.165, 1.54) is 11.8 Å². The first-order chi connectivity index (χ1) is 12.0. The SMILES string of the molecule is Cc1cc(N2CCN(C(=O)CSc3cn[nH]n3)CC2)nc(C(C)C)n1. The Hall–Kier alpha value is -2.16. The molecule has 1 aliphatic rings. The molecule has 0 aromatic carbocycles. The standard InChI is InChI=1S/C16H23N7OS/c1-11(2)16-18-12(3)8-13(19-16)22-4-6-23(7-5-22)15(24)10-25-14-9-17-21-20-14/h8-9,11H,4-7,10H2,1-3H3,(H,17,20,21). The van der Waals surface area contributed by atoms with Crippen molar-refractivity contribution in [3.8, 4) is 0 Å². The van der Waals surface area contributed by atoms with Crippen molar-refractivity contribution in [3.05, 3.63) is 23.8 Å². The maximum atomic E-state index is 12.3. The second-order valence-electron chi connectivity index (χ2n) is 6.35. The highest BCUT2D eigenvalue weighted by atomic mass is 32.2. The Morgan fingerprint density at radius 1 is 1.28 bits per heavy atom. The van der Waals surface area contributed by atoms with Crippen molar-refractivity contribution in [2.24, 2.45) is 0 Å². The van der Waals surface area contributed by atoms with Crippen LogP contribution in [0.5, 0.6) is 0 Å². The van der Waals surface area contributed by atoms with E-state index in [0.717, 1.165) is 35.5 Å². The van der Waals surface area contributed by atoms with E-state index in [1.807, 2.05) is 17.9 Å². The number of carbonyl (C=O) groups is 1. The van der Waals surface area contributed by atoms with Crippen LogP contribution in [0.25, 0.3) is 0 Å². The van der Waals surface area contributed by atoms with Crippen LogP contribution in [0, 0.1) is 6.92 Å². The highest BCUT2D eigenvalue weighted by Crippen LogP contribution is 2.19. The summed E-state index contributed by atoms with van der Waals surface area (Å²) in [7, 11) is 0. The predicted octanol–water partition coefficient (Wildman–Crippen LogP) is 1.47. The fourth-order valence-corrected chi connectivity index (χ4v) is 3.35. The number of anilines is 1. The van der Waals surface area contributed by atoms with Crippen molar-refractivity contribution in [3.63, 3.8) is 0 Å². The number of nitrogens with one attached hydrogen (secondary N) is 1. The van der Waals surface area contributed by atoms with E-state index in [2.05, 4.69) is 44.1 Å². The minimum absolute atomic E-state index is 0.134. The number of piperazine rings is 1. The zero-order valence-corrected chi connectivity index (χ0v) is 15.6. The Kier molecular flexibility index (Phi) is 5.52. The summed E-state index contributed by atoms with van der Waals surface area (Å²) < 4.78 is 0. The van der Waals surface area contributed by atoms with Gasteiger partial charge in [0.15, 0.2) is 0 Å². The van der Waals surface area contributed by atoms with E-state index in [-0.39, 0.29) is 5.91 Å². The maximum absolute atomic E-state index is 12.3. The topological polar surface area (TPSA) is 90.9 Å². The highest BCUT2D eigenvalue weighted by molar-refractivity contribution is 7.99. The monoisotopic (exact) mass is 361 g/mol. The Morgan fingerprint density at radius 2 is 2.04 bits per heavy atom. The summed E-state index contributed by atoms with van der Waals surface area (Å²) in [5.74, 6) is 2.65. The number of nitrogens with zero attached hydrogens (tertiary/aromatic N) is 6. The molecular weight excluding hydrogens is 338 g/mol. The van der Waals surface area contributed by atoms with Crippen molar-refractivity contribution in [1.82, 2.24) is 30.3 Å². The zero-order valence-electron chi connectivity index (χ0n) is 14.8. The van der Waals surface area contributed by atoms with Gasteiger partial charge in [-0.3, -0.25) is 4.79 Å². The first kappa shape index (κ1) is 17.7. The minimum atomic E-state index is 0.134. The smallest absolute Gasteiger partial charge is 0.233 e. The number of hydrogen-bond donors (Lipinski definition) is 1. The molecule has 2 aromatic heterocycles. The van der Waals surface area contributed by atoms with Gasteiger partial charge >= 0.3 is 0 Å². The van der Waals surface area contributed by atoms with E-state index >= 15 is 0 Å². The van der Waals surface area contributed by atoms with E-state index in [0.29, 0.717) is 24.8 Å². The van der Waals surface area contributed by atoms with Crippen LogP contribution in [0.4, 0.5) is 5.82 Å². The summed E-state index contributed by atoms with van der Waals surface area (Å²) in [6, 6.07) is 2.02. The predicted molar refractivity (Wildman–Crippen MR) is 96.8 cm³/mol. The van der Waals surface area contributed by atoms with Crippen molar-refractivity contribution in [1.29, 1.82) is 0 Å². The Balaban J connectivity index is 1.55. The lowest BCUT2D eigenvalue weighted by atomic mass is 10.2. The summed E-state index contributed by atoms with van der Waals surface area (Å²) in [6.45, 7) is 9.18. The molecule has 8 nitrogen and oxygen atoms in total. The van der Waals surface area contributed by atoms with Crippen LogP contribution in [0.1, 0.15) is 31.3 Å². The molecule has 1 fully saturated rings. The van der Waals surface area contributed by atoms with Crippen molar-refractivity contribution in [2.75, 3.05) is 36.8 Å². The van der Waals surface area contributed by atoms with Gasteiger partial charge in [-0.1, -0.05) is 25.6 Å². The van der Waals surface area contributed by atoms with Crippen molar-refractivity contribution in [2.45, 2.75) is 31.7 Å². The minimum Gasteiger partial charge on any atom is -0.353 e. The molecular formula is C16H23N7OS. The van der Waals surface area contributed by atoms with E-state index < -0.39 is 0 Å². The van der Waals surface area contributed by atoms with Gasteiger partial charge in [-0.05, 0) is 6.92 Å². The van der Waals surface area contributed by atoms with Crippen molar-refractivity contribution < 1.29 is 4.79 Å². The molecule has 1 aliphatic heterocycles. The third-order valence-electron chi connectivity index (χ3n) is 4.07. The summed E-state index contributed by atoms with van der Waals surface area (Å²) in [4.78, 5) is 25.7. The Labute approximate surface area is 151 Å². The average Bonchev–Trinajstić information content (AvgIpc) is 3.13. The molecule has 3 heterocycles. The number of aromatic amines is 1. The summed E-state index contributed by atoms with van der Waals surface area (Å²) in [5, 5.41) is 11.0. The number of H-pyrrole nitrogens is 1. The zero-order chi connectivity index (χ0) is 17.8. The number of rotatable bonds is 5. The second kappa shape index (κ2) is 7.81. The summed E-state index contributed by atoms with van der Waals surface area (Å²) >= 11 is 1.40. The fourth-order valence-electron chi connectivity index (χ4n) is 2.67. The Bertz CT molecular complexity index is 711. The van der Waals surface area contributed by atoms with E-state index in [1.54, 1.807) is 6.20 Å². The first-order valence-corrected chi connectivity index (χ1v) is 9.38. The molecule has 0 unspecified atom stereocenters. The van der Waals surface area contributed by atoms with E-state index in [4.69, 9.17) is 0 Å². The van der Waals surface area contributed by atoms with Gasteiger partial charge in [-0.15, -0.1) is 5.10 Å². The number of thioether (sulfide) groups is 1. The maximum Gasteiger partial charge on any atom is 0.233 e. The third-order valence-corrected chi connectivity index (χ3v) is 4.95. The molecule has 1 saturated heterocycles. The van der Waals surface area contributed by atoms with Crippen LogP contribution < -0.4 is 4.90 Å². The molecule has 0 radical (unpaired) electrons. The van der Waals surface area contributed by atoms with Crippen LogP contribution in [0.15, 0.2) is 17.3 Å². The molecule has 1 amide bonds. The molecule has 0 spiro atoms. The van der Waals surface area contributed by atoms with Gasteiger partial charge in [0.25, 0.3) is 0 Å². The lowest BCUT2D eigenvalue weighted by Gasteiger charge is -2.35. The summed E-state index contributed by atoms with van der Waals surface area (Å²) in [6.07, 6.45) is 1.62. The van der Waals surface area contributed by atoms with Gasteiger partial charge in [-0.25, -0.2) is 9.97 Å². The number of aryl methyl sites for hydroxylation is 1. The van der Waals surface area contributed by atoms with Crippen LogP contribution in [-0.2, 0) is 4.79 Å². The molecule has 25 heavy (non-hydrogen) atoms. The largest absolute Gasteiger partial charge is 0.353 e. The average molecular weight is 361 g/mol. The van der Waals surface area contributed by atoms with Gasteiger partial charge in [0.05, 0.1) is 11.9 Å². The lowest BCUT2D eigenvalue weighted by molar-refractivity contribution is -0.128. The van der Waals surface area contributed by atoms with Gasteiger partial charge in [0.1, 0.15) is 16.7 Å². The molecule has 9 heteroatoms. The van der Waals surface area contributed by atoms with Gasteiger partial charge < -0.3 is 9.80 Å². The van der Waals surface area contributed by atoms with Crippen LogP contribution in [-0.4, -0.2) is 68.1 Å². The van der Waals surface area contributed by atoms with Crippen LogP contribution in [0.3, 0.4) is 0 Å². The Morgan fingerprint density at radius 3 is 2.68 bits per heavy atom. The van der Waals surface area contributed by atoms with Gasteiger partial charge in [-0.2, -0.15) is 10.3 Å². The normalized spacial score (nSPS) is 15.0. The molecule has 134 valence electrons. The number of amides is 1. The van der Waals surface area contributed by atoms with Gasteiger partial charge in [0, 0.05) is 43.9 Å². The number of aromatic nitrogens is 5. The van der Waals surface area contributed by atoms with Crippen molar-refractivity contribution >= 4 is 23.5 Å². The first-order valence-electron chi connectivity index (χ1n) is 8.40. The number of hydrogen-bond acceptors (Lipinski definition) is 7.